The number of fused-ring (bicyclic) bond motifs is 4. The van der Waals surface area contributed by atoms with Crippen molar-refractivity contribution in [3.05, 3.63) is 34.9 Å². The SMILES string of the molecule is CN1C(=O)N(C)C(=O)C2(Cc3cc(C=C4C(=O)NC(=O)NC4=O)ccc3N3CCC[C@@H]32)C1=O. The van der Waals surface area contributed by atoms with Crippen molar-refractivity contribution in [1.82, 2.24) is 20.4 Å². The Hall–Kier alpha value is -4.02. The second-order valence-electron chi connectivity index (χ2n) is 8.69. The lowest BCUT2D eigenvalue weighted by Gasteiger charge is -2.50. The van der Waals surface area contributed by atoms with Crippen LogP contribution in [-0.2, 0) is 25.6 Å². The predicted octanol–water partition coefficient (Wildman–Crippen LogP) is -0.00230. The normalized spacial score (nSPS) is 24.1. The van der Waals surface area contributed by atoms with Gasteiger partial charge in [-0.3, -0.25) is 39.6 Å². The van der Waals surface area contributed by atoms with Crippen LogP contribution in [0, 0.1) is 5.41 Å². The molecule has 11 nitrogen and oxygen atoms in total. The van der Waals surface area contributed by atoms with Gasteiger partial charge in [-0.2, -0.15) is 0 Å². The van der Waals surface area contributed by atoms with E-state index < -0.39 is 41.1 Å². The van der Waals surface area contributed by atoms with Crippen LogP contribution < -0.4 is 15.5 Å². The van der Waals surface area contributed by atoms with Gasteiger partial charge in [0.1, 0.15) is 5.57 Å². The Labute approximate surface area is 188 Å². The number of urea groups is 2. The van der Waals surface area contributed by atoms with Gasteiger partial charge in [-0.1, -0.05) is 6.07 Å². The van der Waals surface area contributed by atoms with Gasteiger partial charge in [0.25, 0.3) is 11.8 Å². The molecule has 1 spiro atoms. The van der Waals surface area contributed by atoms with Gasteiger partial charge < -0.3 is 4.90 Å². The number of hydrogen-bond acceptors (Lipinski definition) is 7. The highest BCUT2D eigenvalue weighted by atomic mass is 16.2. The van der Waals surface area contributed by atoms with Gasteiger partial charge in [-0.05, 0) is 48.6 Å². The van der Waals surface area contributed by atoms with E-state index in [4.69, 9.17) is 0 Å². The first-order valence-electron chi connectivity index (χ1n) is 10.5. The fraction of sp³-hybridized carbons (Fsp3) is 0.364. The van der Waals surface area contributed by atoms with Crippen LogP contribution in [0.1, 0.15) is 24.0 Å². The third kappa shape index (κ3) is 2.81. The molecule has 4 aliphatic rings. The van der Waals surface area contributed by atoms with Gasteiger partial charge in [-0.15, -0.1) is 0 Å². The third-order valence-corrected chi connectivity index (χ3v) is 6.90. The number of carbonyl (C=O) groups excluding carboxylic acids is 6. The van der Waals surface area contributed by atoms with E-state index in [1.165, 1.54) is 20.2 Å². The van der Waals surface area contributed by atoms with Crippen LogP contribution >= 0.6 is 0 Å². The van der Waals surface area contributed by atoms with Crippen molar-refractivity contribution in [3.8, 4) is 0 Å². The van der Waals surface area contributed by atoms with Crippen molar-refractivity contribution in [2.75, 3.05) is 25.5 Å². The molecule has 1 atom stereocenters. The summed E-state index contributed by atoms with van der Waals surface area (Å²) in [6.07, 6.45) is 2.89. The summed E-state index contributed by atoms with van der Waals surface area (Å²) in [6.45, 7) is 0.661. The molecule has 1 aromatic rings. The maximum atomic E-state index is 13.4. The lowest BCUT2D eigenvalue weighted by molar-refractivity contribution is -0.159. The van der Waals surface area contributed by atoms with E-state index >= 15 is 0 Å². The molecule has 5 rings (SSSR count). The Kier molecular flexibility index (Phi) is 4.42. The number of benzene rings is 1. The lowest BCUT2D eigenvalue weighted by atomic mass is 9.68. The Morgan fingerprint density at radius 3 is 2.24 bits per heavy atom. The Bertz CT molecular complexity index is 1160. The maximum Gasteiger partial charge on any atom is 0.332 e. The lowest BCUT2D eigenvalue weighted by Crippen LogP contribution is -2.70. The fourth-order valence-corrected chi connectivity index (χ4v) is 5.40. The van der Waals surface area contributed by atoms with Crippen molar-refractivity contribution >= 4 is 47.5 Å². The van der Waals surface area contributed by atoms with Crippen molar-refractivity contribution in [2.45, 2.75) is 25.3 Å². The summed E-state index contributed by atoms with van der Waals surface area (Å²) in [5.74, 6) is -2.66. The van der Waals surface area contributed by atoms with Crippen LogP contribution in [0.4, 0.5) is 15.3 Å². The van der Waals surface area contributed by atoms with E-state index in [0.29, 0.717) is 24.1 Å². The second-order valence-corrected chi connectivity index (χ2v) is 8.69. The highest BCUT2D eigenvalue weighted by molar-refractivity contribution is 6.31. The molecule has 0 radical (unpaired) electrons. The molecule has 0 saturated carbocycles. The number of hydrogen-bond donors (Lipinski definition) is 2. The number of barbiturate groups is 2. The number of carbonyl (C=O) groups is 6. The standard InChI is InChI=1S/C22H21N5O6/c1-25-18(30)22(19(31)26(2)21(25)33)10-12-8-11(5-6-14(12)27-7-3-4-15(22)27)9-13-16(28)23-20(32)24-17(13)29/h5-6,8-9,15H,3-4,7,10H2,1-2H3,(H2,23,24,28,29,32)/t15-/m1/s1. The van der Waals surface area contributed by atoms with Crippen molar-refractivity contribution in [2.24, 2.45) is 5.41 Å². The molecule has 8 amide bonds. The summed E-state index contributed by atoms with van der Waals surface area (Å²) in [5.41, 5.74) is 0.422. The van der Waals surface area contributed by atoms with Crippen LogP contribution in [0.25, 0.3) is 6.08 Å². The van der Waals surface area contributed by atoms with Gasteiger partial charge >= 0.3 is 12.1 Å². The molecule has 3 fully saturated rings. The molecule has 4 heterocycles. The summed E-state index contributed by atoms with van der Waals surface area (Å²) in [4.78, 5) is 78.7. The largest absolute Gasteiger partial charge is 0.367 e. The second kappa shape index (κ2) is 6.99. The summed E-state index contributed by atoms with van der Waals surface area (Å²) in [5, 5.41) is 4.05. The van der Waals surface area contributed by atoms with Crippen LogP contribution in [0.15, 0.2) is 23.8 Å². The molecule has 33 heavy (non-hydrogen) atoms. The maximum absolute atomic E-state index is 13.4. The van der Waals surface area contributed by atoms with E-state index in [2.05, 4.69) is 0 Å². The fourth-order valence-electron chi connectivity index (χ4n) is 5.40. The molecular formula is C22H21N5O6. The zero-order valence-corrected chi connectivity index (χ0v) is 18.0. The number of nitrogens with zero attached hydrogens (tertiary/aromatic N) is 3. The first-order valence-corrected chi connectivity index (χ1v) is 10.5. The van der Waals surface area contributed by atoms with Crippen molar-refractivity contribution in [1.29, 1.82) is 0 Å². The van der Waals surface area contributed by atoms with Crippen LogP contribution in [0.3, 0.4) is 0 Å². The molecule has 170 valence electrons. The van der Waals surface area contributed by atoms with Gasteiger partial charge in [0.15, 0.2) is 5.41 Å². The molecular weight excluding hydrogens is 430 g/mol. The molecule has 1 aromatic carbocycles. The number of amides is 8. The minimum atomic E-state index is -1.43. The number of rotatable bonds is 1. The minimum absolute atomic E-state index is 0.0943. The smallest absolute Gasteiger partial charge is 0.332 e. The Morgan fingerprint density at radius 1 is 0.970 bits per heavy atom. The van der Waals surface area contributed by atoms with E-state index in [1.807, 2.05) is 21.6 Å². The average molecular weight is 451 g/mol. The van der Waals surface area contributed by atoms with Gasteiger partial charge in [0.2, 0.25) is 11.8 Å². The molecule has 3 saturated heterocycles. The number of nitrogens with one attached hydrogen (secondary N) is 2. The van der Waals surface area contributed by atoms with Crippen LogP contribution in [0.5, 0.6) is 0 Å². The van der Waals surface area contributed by atoms with Crippen LogP contribution in [-0.4, -0.2) is 72.2 Å². The van der Waals surface area contributed by atoms with Gasteiger partial charge in [0, 0.05) is 26.3 Å². The highest BCUT2D eigenvalue weighted by Crippen LogP contribution is 2.49. The predicted molar refractivity (Wildman–Crippen MR) is 114 cm³/mol. The molecule has 2 N–H and O–H groups in total. The van der Waals surface area contributed by atoms with E-state index in [9.17, 15) is 28.8 Å². The van der Waals surface area contributed by atoms with Gasteiger partial charge in [0.05, 0.1) is 6.04 Å². The summed E-state index contributed by atoms with van der Waals surface area (Å²) in [6, 6.07) is 3.40. The average Bonchev–Trinajstić information content (AvgIpc) is 3.28. The van der Waals surface area contributed by atoms with Crippen molar-refractivity contribution in [3.63, 3.8) is 0 Å². The topological polar surface area (TPSA) is 136 Å². The highest BCUT2D eigenvalue weighted by Gasteiger charge is 2.63. The number of imide groups is 4. The minimum Gasteiger partial charge on any atom is -0.367 e. The monoisotopic (exact) mass is 451 g/mol. The Balaban J connectivity index is 1.60. The first-order chi connectivity index (χ1) is 15.6. The summed E-state index contributed by atoms with van der Waals surface area (Å²) < 4.78 is 0. The number of anilines is 1. The van der Waals surface area contributed by atoms with E-state index in [1.54, 1.807) is 12.1 Å². The zero-order valence-electron chi connectivity index (χ0n) is 18.0. The Morgan fingerprint density at radius 2 is 1.61 bits per heavy atom. The van der Waals surface area contributed by atoms with Gasteiger partial charge in [-0.25, -0.2) is 9.59 Å². The van der Waals surface area contributed by atoms with E-state index in [0.717, 1.165) is 21.9 Å². The summed E-state index contributed by atoms with van der Waals surface area (Å²) >= 11 is 0. The van der Waals surface area contributed by atoms with Crippen LogP contribution in [0.2, 0.25) is 0 Å². The van der Waals surface area contributed by atoms with E-state index in [-0.39, 0.29) is 18.0 Å². The summed E-state index contributed by atoms with van der Waals surface area (Å²) in [7, 11) is 2.76. The molecule has 0 aliphatic carbocycles. The first kappa shape index (κ1) is 20.9. The molecule has 0 bridgehead atoms. The van der Waals surface area contributed by atoms with Crippen molar-refractivity contribution < 1.29 is 28.8 Å². The molecule has 0 aromatic heterocycles. The zero-order chi connectivity index (χ0) is 23.7. The molecule has 4 aliphatic heterocycles. The molecule has 11 heteroatoms. The molecule has 0 unspecified atom stereocenters. The quantitative estimate of drug-likeness (QED) is 0.348. The third-order valence-electron chi connectivity index (χ3n) is 6.90.